The molecule has 1 aromatic heterocycles. The molecule has 0 aliphatic heterocycles. The third kappa shape index (κ3) is 3.20. The molecule has 0 aliphatic carbocycles. The zero-order valence-electron chi connectivity index (χ0n) is 13.0. The van der Waals surface area contributed by atoms with Crippen LogP contribution < -0.4 is 5.32 Å². The van der Waals surface area contributed by atoms with E-state index in [0.29, 0.717) is 6.04 Å². The van der Waals surface area contributed by atoms with Crippen LogP contribution in [0.3, 0.4) is 0 Å². The summed E-state index contributed by atoms with van der Waals surface area (Å²) in [6, 6.07) is 15.6. The smallest absolute Gasteiger partial charge is 0.123 e. The lowest BCUT2D eigenvalue weighted by molar-refractivity contribution is 0.589. The van der Waals surface area contributed by atoms with Crippen molar-refractivity contribution in [2.24, 2.45) is 0 Å². The second-order valence-corrected chi connectivity index (χ2v) is 5.96. The molecule has 0 unspecified atom stereocenters. The maximum Gasteiger partial charge on any atom is 0.123 e. The van der Waals surface area contributed by atoms with Gasteiger partial charge in [-0.2, -0.15) is 0 Å². The first-order valence-electron chi connectivity index (χ1n) is 7.68. The quantitative estimate of drug-likeness (QED) is 0.741. The number of nitrogens with one attached hydrogen (secondary N) is 1. The lowest BCUT2D eigenvalue weighted by Crippen LogP contribution is -2.21. The number of fused-ring (bicyclic) bond motifs is 1. The topological polar surface area (TPSA) is 17.0 Å². The van der Waals surface area contributed by atoms with Gasteiger partial charge in [-0.3, -0.25) is 0 Å². The van der Waals surface area contributed by atoms with Crippen molar-refractivity contribution in [3.8, 4) is 0 Å². The molecular weight excluding hydrogens is 275 g/mol. The summed E-state index contributed by atoms with van der Waals surface area (Å²) >= 11 is 0. The van der Waals surface area contributed by atoms with Crippen molar-refractivity contribution in [1.29, 1.82) is 0 Å². The minimum atomic E-state index is -0.192. The van der Waals surface area contributed by atoms with Gasteiger partial charge in [-0.15, -0.1) is 0 Å². The molecule has 0 saturated heterocycles. The molecular formula is C19H21FN2. The van der Waals surface area contributed by atoms with Crippen molar-refractivity contribution >= 4 is 10.9 Å². The highest BCUT2D eigenvalue weighted by molar-refractivity contribution is 5.84. The molecule has 0 fully saturated rings. The van der Waals surface area contributed by atoms with Gasteiger partial charge in [0, 0.05) is 36.2 Å². The Morgan fingerprint density at radius 3 is 2.50 bits per heavy atom. The fourth-order valence-corrected chi connectivity index (χ4v) is 2.70. The first-order chi connectivity index (χ1) is 10.6. The Kier molecular flexibility index (Phi) is 4.25. The monoisotopic (exact) mass is 296 g/mol. The van der Waals surface area contributed by atoms with Crippen molar-refractivity contribution in [3.05, 3.63) is 71.7 Å². The number of nitrogens with zero attached hydrogens (tertiary/aromatic N) is 1. The van der Waals surface area contributed by atoms with Crippen LogP contribution in [-0.2, 0) is 13.1 Å². The molecule has 0 aliphatic rings. The van der Waals surface area contributed by atoms with E-state index in [9.17, 15) is 4.39 Å². The largest absolute Gasteiger partial charge is 0.343 e. The predicted octanol–water partition coefficient (Wildman–Crippen LogP) is 4.33. The molecule has 0 amide bonds. The van der Waals surface area contributed by atoms with E-state index in [4.69, 9.17) is 0 Å². The van der Waals surface area contributed by atoms with Crippen molar-refractivity contribution in [2.45, 2.75) is 33.0 Å². The number of hydrogen-bond acceptors (Lipinski definition) is 1. The second kappa shape index (κ2) is 6.32. The molecule has 0 spiro atoms. The van der Waals surface area contributed by atoms with E-state index >= 15 is 0 Å². The van der Waals surface area contributed by atoms with E-state index in [-0.39, 0.29) is 5.82 Å². The van der Waals surface area contributed by atoms with Gasteiger partial charge in [0.2, 0.25) is 0 Å². The molecule has 1 N–H and O–H groups in total. The minimum Gasteiger partial charge on any atom is -0.343 e. The Bertz CT molecular complexity index is 757. The van der Waals surface area contributed by atoms with Crippen molar-refractivity contribution in [2.75, 3.05) is 0 Å². The van der Waals surface area contributed by atoms with Crippen LogP contribution in [0.4, 0.5) is 4.39 Å². The summed E-state index contributed by atoms with van der Waals surface area (Å²) in [4.78, 5) is 0. The normalized spacial score (nSPS) is 11.5. The van der Waals surface area contributed by atoms with Crippen LogP contribution >= 0.6 is 0 Å². The highest BCUT2D eigenvalue weighted by Crippen LogP contribution is 2.22. The van der Waals surface area contributed by atoms with Gasteiger partial charge < -0.3 is 9.88 Å². The molecule has 0 saturated carbocycles. The van der Waals surface area contributed by atoms with Gasteiger partial charge in [0.1, 0.15) is 5.82 Å². The van der Waals surface area contributed by atoms with Crippen LogP contribution in [0.1, 0.15) is 25.0 Å². The number of hydrogen-bond donors (Lipinski definition) is 1. The summed E-state index contributed by atoms with van der Waals surface area (Å²) in [5.41, 5.74) is 3.62. The van der Waals surface area contributed by atoms with Crippen LogP contribution in [-0.4, -0.2) is 10.6 Å². The summed E-state index contributed by atoms with van der Waals surface area (Å²) in [6.07, 6.45) is 2.20. The zero-order valence-corrected chi connectivity index (χ0v) is 13.0. The van der Waals surface area contributed by atoms with Crippen LogP contribution in [0.25, 0.3) is 10.9 Å². The highest BCUT2D eigenvalue weighted by Gasteiger charge is 2.08. The first kappa shape index (κ1) is 14.8. The summed E-state index contributed by atoms with van der Waals surface area (Å²) in [5.74, 6) is -0.192. The van der Waals surface area contributed by atoms with Crippen molar-refractivity contribution in [3.63, 3.8) is 0 Å². The third-order valence-electron chi connectivity index (χ3n) is 3.84. The van der Waals surface area contributed by atoms with E-state index in [2.05, 4.69) is 54.2 Å². The Labute approximate surface area is 130 Å². The van der Waals surface area contributed by atoms with Gasteiger partial charge in [0.05, 0.1) is 0 Å². The zero-order chi connectivity index (χ0) is 15.5. The Hall–Kier alpha value is -2.13. The van der Waals surface area contributed by atoms with Gasteiger partial charge in [0.15, 0.2) is 0 Å². The molecule has 114 valence electrons. The summed E-state index contributed by atoms with van der Waals surface area (Å²) < 4.78 is 15.3. The molecule has 0 radical (unpaired) electrons. The van der Waals surface area contributed by atoms with Crippen molar-refractivity contribution in [1.82, 2.24) is 9.88 Å². The van der Waals surface area contributed by atoms with Crippen LogP contribution in [0.2, 0.25) is 0 Å². The summed E-state index contributed by atoms with van der Waals surface area (Å²) in [6.45, 7) is 5.91. The van der Waals surface area contributed by atoms with Crippen LogP contribution in [0, 0.1) is 5.82 Å². The number of aromatic nitrogens is 1. The highest BCUT2D eigenvalue weighted by atomic mass is 19.1. The average Bonchev–Trinajstić information content (AvgIpc) is 2.86. The summed E-state index contributed by atoms with van der Waals surface area (Å²) in [7, 11) is 0. The Balaban J connectivity index is 1.93. The van der Waals surface area contributed by atoms with E-state index in [1.54, 1.807) is 0 Å². The van der Waals surface area contributed by atoms with Gasteiger partial charge in [-0.1, -0.05) is 44.2 Å². The number of para-hydroxylation sites is 1. The number of benzene rings is 2. The van der Waals surface area contributed by atoms with Crippen LogP contribution in [0.5, 0.6) is 0 Å². The molecule has 0 bridgehead atoms. The van der Waals surface area contributed by atoms with Gasteiger partial charge in [0.25, 0.3) is 0 Å². The Morgan fingerprint density at radius 2 is 1.77 bits per heavy atom. The molecule has 2 aromatic carbocycles. The fraction of sp³-hybridized carbons (Fsp3) is 0.263. The summed E-state index contributed by atoms with van der Waals surface area (Å²) in [5, 5.41) is 4.75. The average molecular weight is 296 g/mol. The predicted molar refractivity (Wildman–Crippen MR) is 89.4 cm³/mol. The van der Waals surface area contributed by atoms with E-state index in [1.807, 2.05) is 12.1 Å². The molecule has 0 atom stereocenters. The van der Waals surface area contributed by atoms with Crippen molar-refractivity contribution < 1.29 is 4.39 Å². The molecule has 3 aromatic rings. The van der Waals surface area contributed by atoms with Gasteiger partial charge >= 0.3 is 0 Å². The lowest BCUT2D eigenvalue weighted by Gasteiger charge is -2.06. The minimum absolute atomic E-state index is 0.192. The standard InChI is InChI=1S/C19H21FN2/c1-14(2)21-11-16-13-22(19-6-4-3-5-18(16)19)12-15-7-9-17(20)10-8-15/h3-10,13-14,21H,11-12H2,1-2H3. The lowest BCUT2D eigenvalue weighted by atomic mass is 10.1. The van der Waals surface area contributed by atoms with E-state index in [1.165, 1.54) is 28.6 Å². The van der Waals surface area contributed by atoms with Gasteiger partial charge in [-0.05, 0) is 29.3 Å². The van der Waals surface area contributed by atoms with E-state index < -0.39 is 0 Å². The number of rotatable bonds is 5. The first-order valence-corrected chi connectivity index (χ1v) is 7.68. The molecule has 3 heteroatoms. The SMILES string of the molecule is CC(C)NCc1cn(Cc2ccc(F)cc2)c2ccccc12. The molecule has 1 heterocycles. The van der Waals surface area contributed by atoms with Crippen LogP contribution in [0.15, 0.2) is 54.7 Å². The molecule has 3 rings (SSSR count). The second-order valence-electron chi connectivity index (χ2n) is 5.96. The fourth-order valence-electron chi connectivity index (χ4n) is 2.70. The number of halogens is 1. The maximum atomic E-state index is 13.0. The Morgan fingerprint density at radius 1 is 1.05 bits per heavy atom. The van der Waals surface area contributed by atoms with Gasteiger partial charge in [-0.25, -0.2) is 4.39 Å². The third-order valence-corrected chi connectivity index (χ3v) is 3.84. The molecule has 2 nitrogen and oxygen atoms in total. The maximum absolute atomic E-state index is 13.0. The van der Waals surface area contributed by atoms with E-state index in [0.717, 1.165) is 18.7 Å². The molecule has 22 heavy (non-hydrogen) atoms.